The molecule has 9 nitrogen and oxygen atoms in total. The van der Waals surface area contributed by atoms with Crippen LogP contribution in [0.1, 0.15) is 142 Å². The first-order valence-corrected chi connectivity index (χ1v) is 21.6. The minimum absolute atomic E-state index is 0.0351. The summed E-state index contributed by atoms with van der Waals surface area (Å²) in [5.41, 5.74) is 5.33. The summed E-state index contributed by atoms with van der Waals surface area (Å²) in [5.74, 6) is -0.950. The number of allylic oxidation sites excluding steroid dienone is 14. The zero-order valence-corrected chi connectivity index (χ0v) is 33.9. The lowest BCUT2D eigenvalue weighted by atomic mass is 10.1. The van der Waals surface area contributed by atoms with E-state index in [1.165, 1.54) is 44.9 Å². The molecule has 0 aromatic carbocycles. The van der Waals surface area contributed by atoms with Crippen LogP contribution < -0.4 is 5.73 Å². The number of hydrogen-bond donors (Lipinski definition) is 2. The topological polar surface area (TPSA) is 134 Å². The highest BCUT2D eigenvalue weighted by molar-refractivity contribution is 7.47. The maximum atomic E-state index is 12.5. The minimum Gasteiger partial charge on any atom is -0.462 e. The number of nitrogens with two attached hydrogens (primary N) is 1. The van der Waals surface area contributed by atoms with Crippen molar-refractivity contribution in [2.45, 2.75) is 148 Å². The van der Waals surface area contributed by atoms with Crippen molar-refractivity contribution < 1.29 is 37.6 Å². The van der Waals surface area contributed by atoms with Gasteiger partial charge in [-0.25, -0.2) is 4.57 Å². The molecule has 0 aromatic heterocycles. The summed E-state index contributed by atoms with van der Waals surface area (Å²) in [6.45, 7) is 3.53. The molecule has 0 amide bonds. The van der Waals surface area contributed by atoms with Crippen LogP contribution in [0.5, 0.6) is 0 Å². The fraction of sp³-hybridized carbons (Fsp3) is 0.628. The van der Waals surface area contributed by atoms with E-state index in [-0.39, 0.29) is 32.6 Å². The Hall–Kier alpha value is -2.81. The van der Waals surface area contributed by atoms with Gasteiger partial charge < -0.3 is 20.1 Å². The molecule has 2 unspecified atom stereocenters. The summed E-state index contributed by atoms with van der Waals surface area (Å²) >= 11 is 0. The molecular formula is C43H72NO8P. The quantitative estimate of drug-likeness (QED) is 0.0277. The predicted molar refractivity (Wildman–Crippen MR) is 219 cm³/mol. The van der Waals surface area contributed by atoms with Crippen LogP contribution in [0.25, 0.3) is 0 Å². The van der Waals surface area contributed by atoms with Crippen LogP contribution in [0.15, 0.2) is 85.1 Å². The van der Waals surface area contributed by atoms with Crippen LogP contribution in [0.4, 0.5) is 0 Å². The van der Waals surface area contributed by atoms with Gasteiger partial charge in [0, 0.05) is 19.4 Å². The van der Waals surface area contributed by atoms with Crippen molar-refractivity contribution in [2.24, 2.45) is 5.73 Å². The van der Waals surface area contributed by atoms with E-state index in [1.807, 2.05) is 6.08 Å². The Morgan fingerprint density at radius 1 is 0.566 bits per heavy atom. The Bertz CT molecular complexity index is 1140. The van der Waals surface area contributed by atoms with Crippen molar-refractivity contribution in [3.05, 3.63) is 85.1 Å². The molecule has 0 fully saturated rings. The van der Waals surface area contributed by atoms with Gasteiger partial charge in [-0.05, 0) is 89.9 Å². The second-order valence-electron chi connectivity index (χ2n) is 12.8. The molecule has 3 N–H and O–H groups in total. The number of unbranched alkanes of at least 4 members (excludes halogenated alkanes) is 9. The molecule has 0 saturated carbocycles. The van der Waals surface area contributed by atoms with E-state index >= 15 is 0 Å². The van der Waals surface area contributed by atoms with Crippen molar-refractivity contribution in [1.29, 1.82) is 0 Å². The maximum Gasteiger partial charge on any atom is 0.472 e. The lowest BCUT2D eigenvalue weighted by Gasteiger charge is -2.19. The molecule has 302 valence electrons. The third kappa shape index (κ3) is 38.7. The largest absolute Gasteiger partial charge is 0.472 e. The van der Waals surface area contributed by atoms with E-state index in [0.717, 1.165) is 51.4 Å². The molecule has 0 spiro atoms. The number of phosphoric ester groups is 1. The lowest BCUT2D eigenvalue weighted by Crippen LogP contribution is -2.29. The Morgan fingerprint density at radius 3 is 1.43 bits per heavy atom. The molecule has 0 rings (SSSR count). The van der Waals surface area contributed by atoms with Crippen LogP contribution in [0, 0.1) is 0 Å². The standard InChI is InChI=1S/C43H72NO8P/c1-3-5-7-9-11-13-15-17-19-20-22-24-26-28-30-32-34-36-43(46)52-41(40-51-53(47,48)50-38-37-44)39-49-42(45)35-33-31-29-27-25-23-21-18-16-14-12-10-8-6-4-2/h11-14,17-19,21-22,24-25,27-28,30,41H,3-10,15-16,20,23,26,29,31-40,44H2,1-2H3,(H,47,48). The molecule has 0 bridgehead atoms. The fourth-order valence-corrected chi connectivity index (χ4v) is 5.51. The summed E-state index contributed by atoms with van der Waals surface area (Å²) in [6.07, 6.45) is 47.6. The molecule has 2 atom stereocenters. The maximum absolute atomic E-state index is 12.5. The lowest BCUT2D eigenvalue weighted by molar-refractivity contribution is -0.161. The van der Waals surface area contributed by atoms with Gasteiger partial charge in [-0.15, -0.1) is 0 Å². The van der Waals surface area contributed by atoms with Gasteiger partial charge in [-0.1, -0.05) is 125 Å². The normalized spacial score (nSPS) is 14.3. The molecular weight excluding hydrogens is 689 g/mol. The van der Waals surface area contributed by atoms with Gasteiger partial charge in [-0.2, -0.15) is 0 Å². The highest BCUT2D eigenvalue weighted by atomic mass is 31.2. The number of carbonyl (C=O) groups is 2. The van der Waals surface area contributed by atoms with Crippen molar-refractivity contribution >= 4 is 19.8 Å². The molecule has 0 aliphatic rings. The monoisotopic (exact) mass is 761 g/mol. The smallest absolute Gasteiger partial charge is 0.462 e. The second-order valence-corrected chi connectivity index (χ2v) is 14.2. The van der Waals surface area contributed by atoms with Crippen molar-refractivity contribution in [3.63, 3.8) is 0 Å². The summed E-state index contributed by atoms with van der Waals surface area (Å²) in [4.78, 5) is 34.7. The van der Waals surface area contributed by atoms with Crippen LogP contribution in [0.3, 0.4) is 0 Å². The first-order valence-electron chi connectivity index (χ1n) is 20.1. The van der Waals surface area contributed by atoms with E-state index in [2.05, 4.69) is 92.8 Å². The van der Waals surface area contributed by atoms with Gasteiger partial charge >= 0.3 is 19.8 Å². The van der Waals surface area contributed by atoms with Gasteiger partial charge in [0.15, 0.2) is 6.10 Å². The van der Waals surface area contributed by atoms with Gasteiger partial charge in [-0.3, -0.25) is 18.6 Å². The van der Waals surface area contributed by atoms with Gasteiger partial charge in [0.2, 0.25) is 0 Å². The van der Waals surface area contributed by atoms with Gasteiger partial charge in [0.25, 0.3) is 0 Å². The summed E-state index contributed by atoms with van der Waals surface area (Å²) in [7, 11) is -4.40. The number of hydrogen-bond acceptors (Lipinski definition) is 8. The van der Waals surface area contributed by atoms with Crippen LogP contribution in [0.2, 0.25) is 0 Å². The first kappa shape index (κ1) is 50.2. The van der Waals surface area contributed by atoms with Crippen molar-refractivity contribution in [2.75, 3.05) is 26.4 Å². The highest BCUT2D eigenvalue weighted by Crippen LogP contribution is 2.43. The fourth-order valence-electron chi connectivity index (χ4n) is 4.75. The third-order valence-corrected chi connectivity index (χ3v) is 8.74. The number of ether oxygens (including phenoxy) is 2. The molecule has 53 heavy (non-hydrogen) atoms. The first-order chi connectivity index (χ1) is 25.8. The van der Waals surface area contributed by atoms with Crippen LogP contribution >= 0.6 is 7.82 Å². The number of phosphoric acid groups is 1. The average Bonchev–Trinajstić information content (AvgIpc) is 3.14. The minimum atomic E-state index is -4.40. The molecule has 10 heteroatoms. The number of carbonyl (C=O) groups excluding carboxylic acids is 2. The van der Waals surface area contributed by atoms with Gasteiger partial charge in [0.05, 0.1) is 13.2 Å². The zero-order valence-electron chi connectivity index (χ0n) is 33.0. The zero-order chi connectivity index (χ0) is 38.9. The Balaban J connectivity index is 4.39. The third-order valence-electron chi connectivity index (χ3n) is 7.75. The van der Waals surface area contributed by atoms with Crippen molar-refractivity contribution in [3.8, 4) is 0 Å². The predicted octanol–water partition coefficient (Wildman–Crippen LogP) is 11.3. The Labute approximate surface area is 322 Å². The van der Waals surface area contributed by atoms with Crippen LogP contribution in [-0.2, 0) is 32.7 Å². The number of esters is 2. The molecule has 0 aliphatic heterocycles. The molecule has 0 aromatic rings. The van der Waals surface area contributed by atoms with Crippen LogP contribution in [-0.4, -0.2) is 49.3 Å². The molecule has 0 radical (unpaired) electrons. The van der Waals surface area contributed by atoms with E-state index in [9.17, 15) is 19.0 Å². The average molecular weight is 762 g/mol. The second kappa shape index (κ2) is 38.9. The van der Waals surface area contributed by atoms with Gasteiger partial charge in [0.1, 0.15) is 6.61 Å². The summed E-state index contributed by atoms with van der Waals surface area (Å²) < 4.78 is 32.6. The van der Waals surface area contributed by atoms with E-state index < -0.39 is 32.5 Å². The molecule has 0 saturated heterocycles. The number of rotatable bonds is 36. The van der Waals surface area contributed by atoms with Crippen molar-refractivity contribution in [1.82, 2.24) is 0 Å². The van der Waals surface area contributed by atoms with E-state index in [1.54, 1.807) is 0 Å². The highest BCUT2D eigenvalue weighted by Gasteiger charge is 2.25. The van der Waals surface area contributed by atoms with E-state index in [0.29, 0.717) is 19.3 Å². The summed E-state index contributed by atoms with van der Waals surface area (Å²) in [5, 5.41) is 0. The molecule has 0 aliphatic carbocycles. The van der Waals surface area contributed by atoms with E-state index in [4.69, 9.17) is 24.3 Å². The SMILES string of the molecule is CCCCCC=CCC=CCC=CCC=CCCCC(=O)OC(COC(=O)CCCCC=CCC=CCC=CCCCCC)COP(=O)(O)OCCN. The Morgan fingerprint density at radius 2 is 0.981 bits per heavy atom. The summed E-state index contributed by atoms with van der Waals surface area (Å²) in [6, 6.07) is 0. The molecule has 0 heterocycles. The Kier molecular flexibility index (Phi) is 36.8.